The number of aliphatic hydroxyl groups excluding tert-OH is 1. The summed E-state index contributed by atoms with van der Waals surface area (Å²) in [7, 11) is 0. The molecule has 6 nitrogen and oxygen atoms in total. The number of guanidine groups is 2. The van der Waals surface area contributed by atoms with Crippen LogP contribution in [-0.2, 0) is 0 Å². The summed E-state index contributed by atoms with van der Waals surface area (Å²) in [5.41, 5.74) is 15.6. The third kappa shape index (κ3) is 9.01. The van der Waals surface area contributed by atoms with Crippen molar-refractivity contribution in [3.63, 3.8) is 0 Å². The summed E-state index contributed by atoms with van der Waals surface area (Å²) in [5.74, 6) is -0.149. The summed E-state index contributed by atoms with van der Waals surface area (Å²) in [4.78, 5) is 7.38. The van der Waals surface area contributed by atoms with E-state index in [1.54, 1.807) is 0 Å². The van der Waals surface area contributed by atoms with E-state index in [2.05, 4.69) is 9.98 Å². The van der Waals surface area contributed by atoms with Crippen LogP contribution in [0.4, 0.5) is 0 Å². The summed E-state index contributed by atoms with van der Waals surface area (Å²) in [6.45, 7) is 6.33. The van der Waals surface area contributed by atoms with E-state index < -0.39 is 6.10 Å². The molecule has 0 bridgehead atoms. The van der Waals surface area contributed by atoms with Crippen LogP contribution >= 0.6 is 0 Å². The van der Waals surface area contributed by atoms with Crippen molar-refractivity contribution in [2.24, 2.45) is 32.6 Å². The number of aliphatic hydroxyl groups is 1. The molecule has 0 aromatic carbocycles. The van der Waals surface area contributed by atoms with E-state index in [4.69, 9.17) is 17.2 Å². The molecular formula is C9H21N5O. The number of hydrogen-bond donors (Lipinski definition) is 4. The Bertz CT molecular complexity index is 250. The predicted octanol–water partition coefficient (Wildman–Crippen LogP) is -0.628. The second-order valence-corrected chi connectivity index (χ2v) is 4.65. The van der Waals surface area contributed by atoms with Crippen molar-refractivity contribution in [2.45, 2.75) is 33.3 Å². The van der Waals surface area contributed by atoms with Gasteiger partial charge in [0.1, 0.15) is 0 Å². The largest absolute Gasteiger partial charge is 0.391 e. The molecule has 0 aliphatic heterocycles. The Morgan fingerprint density at radius 1 is 1.27 bits per heavy atom. The van der Waals surface area contributed by atoms with E-state index in [1.165, 1.54) is 0 Å². The molecule has 1 atom stereocenters. The Morgan fingerprint density at radius 3 is 2.20 bits per heavy atom. The number of nitrogens with zero attached hydrogens (tertiary/aromatic N) is 2. The second-order valence-electron chi connectivity index (χ2n) is 4.65. The van der Waals surface area contributed by atoms with E-state index in [0.717, 1.165) is 0 Å². The average Bonchev–Trinajstić information content (AvgIpc) is 1.96. The molecule has 7 N–H and O–H groups in total. The van der Waals surface area contributed by atoms with Crippen LogP contribution in [0.5, 0.6) is 0 Å². The molecule has 0 amide bonds. The van der Waals surface area contributed by atoms with Crippen molar-refractivity contribution in [2.75, 3.05) is 6.54 Å². The van der Waals surface area contributed by atoms with Crippen LogP contribution in [0, 0.1) is 5.41 Å². The lowest BCUT2D eigenvalue weighted by Gasteiger charge is -2.21. The number of rotatable bonds is 3. The van der Waals surface area contributed by atoms with Crippen molar-refractivity contribution in [1.82, 2.24) is 0 Å². The minimum absolute atomic E-state index is 0.0111. The third-order valence-corrected chi connectivity index (χ3v) is 1.56. The number of nitrogens with two attached hydrogens (primary N) is 3. The van der Waals surface area contributed by atoms with Gasteiger partial charge in [0.2, 0.25) is 5.96 Å². The van der Waals surface area contributed by atoms with Crippen LogP contribution in [0.15, 0.2) is 9.98 Å². The molecule has 0 spiro atoms. The molecule has 0 radical (unpaired) electrons. The van der Waals surface area contributed by atoms with Gasteiger partial charge in [0.15, 0.2) is 5.96 Å². The summed E-state index contributed by atoms with van der Waals surface area (Å²) >= 11 is 0. The van der Waals surface area contributed by atoms with Gasteiger partial charge in [-0.3, -0.25) is 0 Å². The van der Waals surface area contributed by atoms with Gasteiger partial charge in [-0.1, -0.05) is 20.8 Å². The minimum atomic E-state index is -0.530. The fourth-order valence-electron chi connectivity index (χ4n) is 1.14. The normalized spacial score (nSPS) is 14.8. The monoisotopic (exact) mass is 215 g/mol. The Morgan fingerprint density at radius 2 is 1.80 bits per heavy atom. The average molecular weight is 215 g/mol. The van der Waals surface area contributed by atoms with Gasteiger partial charge >= 0.3 is 0 Å². The molecule has 0 fully saturated rings. The van der Waals surface area contributed by atoms with Gasteiger partial charge in [0.25, 0.3) is 0 Å². The van der Waals surface area contributed by atoms with Gasteiger partial charge in [-0.15, -0.1) is 0 Å². The van der Waals surface area contributed by atoms with Gasteiger partial charge in [0.05, 0.1) is 12.6 Å². The van der Waals surface area contributed by atoms with Crippen molar-refractivity contribution in [3.05, 3.63) is 0 Å². The fourth-order valence-corrected chi connectivity index (χ4v) is 1.14. The molecule has 0 aromatic rings. The Balaban J connectivity index is 4.10. The highest BCUT2D eigenvalue weighted by molar-refractivity contribution is 5.92. The standard InChI is InChI=1S/C9H21N5O/c1-9(2,3)4-6(15)5-13-8(12)14-7(10)11/h6,15H,4-5H2,1-3H3,(H6,10,11,12,13,14). The molecule has 0 aliphatic carbocycles. The highest BCUT2D eigenvalue weighted by Crippen LogP contribution is 2.20. The van der Waals surface area contributed by atoms with Crippen LogP contribution in [0.1, 0.15) is 27.2 Å². The minimum Gasteiger partial charge on any atom is -0.391 e. The Kier molecular flexibility index (Phi) is 5.07. The van der Waals surface area contributed by atoms with Crippen molar-refractivity contribution in [1.29, 1.82) is 0 Å². The summed E-state index contributed by atoms with van der Waals surface area (Å²) in [5, 5.41) is 9.59. The zero-order valence-corrected chi connectivity index (χ0v) is 9.57. The van der Waals surface area contributed by atoms with Crippen molar-refractivity contribution in [3.8, 4) is 0 Å². The van der Waals surface area contributed by atoms with Crippen LogP contribution in [0.2, 0.25) is 0 Å². The van der Waals surface area contributed by atoms with E-state index >= 15 is 0 Å². The highest BCUT2D eigenvalue weighted by Gasteiger charge is 2.16. The van der Waals surface area contributed by atoms with Crippen LogP contribution in [0.25, 0.3) is 0 Å². The first-order valence-corrected chi connectivity index (χ1v) is 4.78. The zero-order chi connectivity index (χ0) is 12.1. The second kappa shape index (κ2) is 5.55. The van der Waals surface area contributed by atoms with E-state index in [-0.39, 0.29) is 23.9 Å². The zero-order valence-electron chi connectivity index (χ0n) is 9.57. The topological polar surface area (TPSA) is 123 Å². The molecular weight excluding hydrogens is 194 g/mol. The van der Waals surface area contributed by atoms with Crippen LogP contribution in [-0.4, -0.2) is 29.7 Å². The Labute approximate surface area is 90.3 Å². The lowest BCUT2D eigenvalue weighted by molar-refractivity contribution is 0.129. The van der Waals surface area contributed by atoms with Crippen molar-refractivity contribution >= 4 is 11.9 Å². The van der Waals surface area contributed by atoms with E-state index in [9.17, 15) is 5.11 Å². The quantitative estimate of drug-likeness (QED) is 0.369. The van der Waals surface area contributed by atoms with Crippen molar-refractivity contribution < 1.29 is 5.11 Å². The number of hydrogen-bond acceptors (Lipinski definition) is 2. The predicted molar refractivity (Wildman–Crippen MR) is 62.4 cm³/mol. The fraction of sp³-hybridized carbons (Fsp3) is 0.778. The van der Waals surface area contributed by atoms with Gasteiger partial charge < -0.3 is 22.3 Å². The first kappa shape index (κ1) is 13.7. The maximum absolute atomic E-state index is 9.59. The molecule has 1 unspecified atom stereocenters. The lowest BCUT2D eigenvalue weighted by Crippen LogP contribution is -2.27. The molecule has 0 heterocycles. The first-order valence-electron chi connectivity index (χ1n) is 4.78. The molecule has 0 saturated carbocycles. The van der Waals surface area contributed by atoms with Gasteiger partial charge in [-0.2, -0.15) is 4.99 Å². The molecule has 88 valence electrons. The van der Waals surface area contributed by atoms with E-state index in [1.807, 2.05) is 20.8 Å². The smallest absolute Gasteiger partial charge is 0.218 e. The van der Waals surface area contributed by atoms with Crippen LogP contribution < -0.4 is 17.2 Å². The molecule has 0 rings (SSSR count). The molecule has 0 saturated heterocycles. The van der Waals surface area contributed by atoms with E-state index in [0.29, 0.717) is 6.42 Å². The van der Waals surface area contributed by atoms with Gasteiger partial charge in [-0.05, 0) is 11.8 Å². The number of aliphatic imine (C=N–C) groups is 2. The molecule has 6 heteroatoms. The maximum Gasteiger partial charge on any atom is 0.218 e. The maximum atomic E-state index is 9.59. The lowest BCUT2D eigenvalue weighted by atomic mass is 9.89. The van der Waals surface area contributed by atoms with Crippen LogP contribution in [0.3, 0.4) is 0 Å². The third-order valence-electron chi connectivity index (χ3n) is 1.56. The Hall–Kier alpha value is -1.30. The van der Waals surface area contributed by atoms with Gasteiger partial charge in [0, 0.05) is 0 Å². The molecule has 0 aromatic heterocycles. The summed E-state index contributed by atoms with van der Waals surface area (Å²) < 4.78 is 0. The van der Waals surface area contributed by atoms with Gasteiger partial charge in [-0.25, -0.2) is 4.99 Å². The SMILES string of the molecule is CC(C)(C)CC(O)CN=C(N)N=C(N)N. The first-order chi connectivity index (χ1) is 6.70. The summed E-state index contributed by atoms with van der Waals surface area (Å²) in [6, 6.07) is 0. The molecule has 15 heavy (non-hydrogen) atoms. The molecule has 0 aliphatic rings. The summed E-state index contributed by atoms with van der Waals surface area (Å²) in [6.07, 6.45) is 0.115. The highest BCUT2D eigenvalue weighted by atomic mass is 16.3.